The fraction of sp³-hybridized carbons (Fsp3) is 0.125. The van der Waals surface area contributed by atoms with Gasteiger partial charge in [0, 0.05) is 17.3 Å². The average molecular weight is 221 g/mol. The summed E-state index contributed by atoms with van der Waals surface area (Å²) in [4.78, 5) is 0. The minimum atomic E-state index is 1.23. The molecule has 0 fully saturated rings. The minimum Gasteiger partial charge on any atom is -0.316 e. The Kier molecular flexibility index (Phi) is 2.25. The Balaban J connectivity index is 2.31. The first-order valence-corrected chi connectivity index (χ1v) is 5.89. The number of para-hydroxylation sites is 1. The van der Waals surface area contributed by atoms with Crippen molar-refractivity contribution in [3.05, 3.63) is 65.9 Å². The van der Waals surface area contributed by atoms with Gasteiger partial charge in [-0.25, -0.2) is 0 Å². The van der Waals surface area contributed by atoms with E-state index in [4.69, 9.17) is 0 Å². The molecule has 0 bridgehead atoms. The second kappa shape index (κ2) is 3.77. The van der Waals surface area contributed by atoms with Crippen molar-refractivity contribution >= 4 is 10.9 Å². The molecule has 1 aromatic heterocycles. The molecule has 3 rings (SSSR count). The molecule has 0 spiro atoms. The van der Waals surface area contributed by atoms with Gasteiger partial charge in [0.25, 0.3) is 0 Å². The Hall–Kier alpha value is -2.02. The van der Waals surface area contributed by atoms with Crippen LogP contribution in [0, 0.1) is 13.8 Å². The first kappa shape index (κ1) is 10.2. The molecule has 0 aliphatic rings. The molecule has 0 atom stereocenters. The number of hydrogen-bond acceptors (Lipinski definition) is 0. The molecule has 0 aliphatic carbocycles. The highest BCUT2D eigenvalue weighted by atomic mass is 15.0. The summed E-state index contributed by atoms with van der Waals surface area (Å²) in [7, 11) is 0. The largest absolute Gasteiger partial charge is 0.316 e. The van der Waals surface area contributed by atoms with Crippen LogP contribution in [0.15, 0.2) is 54.7 Å². The predicted molar refractivity (Wildman–Crippen MR) is 72.7 cm³/mol. The fourth-order valence-electron chi connectivity index (χ4n) is 2.34. The lowest BCUT2D eigenvalue weighted by atomic mass is 10.2. The van der Waals surface area contributed by atoms with Crippen molar-refractivity contribution in [2.45, 2.75) is 13.8 Å². The summed E-state index contributed by atoms with van der Waals surface area (Å²) in [6.45, 7) is 4.29. The van der Waals surface area contributed by atoms with E-state index in [-0.39, 0.29) is 0 Å². The summed E-state index contributed by atoms with van der Waals surface area (Å²) < 4.78 is 2.26. The molecule has 84 valence electrons. The third-order valence-electron chi connectivity index (χ3n) is 3.19. The summed E-state index contributed by atoms with van der Waals surface area (Å²) in [5.41, 5.74) is 5.12. The standard InChI is InChI=1S/C16H15N/c1-12-6-5-7-14(10-12)17-11-13(2)15-8-3-4-9-16(15)17/h3-11H,1-2H3. The number of nitrogens with zero attached hydrogens (tertiary/aromatic N) is 1. The molecule has 1 heterocycles. The van der Waals surface area contributed by atoms with Gasteiger partial charge < -0.3 is 4.57 Å². The van der Waals surface area contributed by atoms with Crippen molar-refractivity contribution in [1.29, 1.82) is 0 Å². The van der Waals surface area contributed by atoms with Crippen molar-refractivity contribution in [2.24, 2.45) is 0 Å². The van der Waals surface area contributed by atoms with Gasteiger partial charge >= 0.3 is 0 Å². The second-order valence-electron chi connectivity index (χ2n) is 4.54. The molecule has 0 aliphatic heterocycles. The molecule has 0 N–H and O–H groups in total. The molecule has 1 nitrogen and oxygen atoms in total. The molecule has 0 saturated heterocycles. The van der Waals surface area contributed by atoms with Crippen LogP contribution < -0.4 is 0 Å². The van der Waals surface area contributed by atoms with Crippen LogP contribution in [0.4, 0.5) is 0 Å². The molecule has 0 amide bonds. The smallest absolute Gasteiger partial charge is 0.0531 e. The Morgan fingerprint density at radius 1 is 0.882 bits per heavy atom. The van der Waals surface area contributed by atoms with Gasteiger partial charge in [0.2, 0.25) is 0 Å². The van der Waals surface area contributed by atoms with Crippen molar-refractivity contribution in [1.82, 2.24) is 4.57 Å². The fourth-order valence-corrected chi connectivity index (χ4v) is 2.34. The van der Waals surface area contributed by atoms with Gasteiger partial charge in [-0.05, 0) is 43.2 Å². The maximum atomic E-state index is 2.26. The van der Waals surface area contributed by atoms with E-state index in [9.17, 15) is 0 Å². The van der Waals surface area contributed by atoms with Crippen LogP contribution in [0.25, 0.3) is 16.6 Å². The summed E-state index contributed by atoms with van der Waals surface area (Å²) >= 11 is 0. The van der Waals surface area contributed by atoms with Gasteiger partial charge in [-0.1, -0.05) is 30.3 Å². The highest BCUT2D eigenvalue weighted by Gasteiger charge is 2.05. The van der Waals surface area contributed by atoms with Crippen LogP contribution in [-0.4, -0.2) is 4.57 Å². The van der Waals surface area contributed by atoms with E-state index < -0.39 is 0 Å². The Morgan fingerprint density at radius 2 is 1.71 bits per heavy atom. The lowest BCUT2D eigenvalue weighted by Crippen LogP contribution is -1.91. The zero-order valence-corrected chi connectivity index (χ0v) is 10.1. The molecule has 3 aromatic rings. The topological polar surface area (TPSA) is 4.93 Å². The van der Waals surface area contributed by atoms with Crippen molar-refractivity contribution in [3.8, 4) is 5.69 Å². The van der Waals surface area contributed by atoms with Gasteiger partial charge in [0.05, 0.1) is 5.52 Å². The molecule has 0 saturated carbocycles. The number of fused-ring (bicyclic) bond motifs is 1. The minimum absolute atomic E-state index is 1.23. The lowest BCUT2D eigenvalue weighted by Gasteiger charge is -2.06. The Bertz CT molecular complexity index is 677. The van der Waals surface area contributed by atoms with E-state index in [2.05, 4.69) is 73.1 Å². The maximum absolute atomic E-state index is 2.26. The monoisotopic (exact) mass is 221 g/mol. The third-order valence-corrected chi connectivity index (χ3v) is 3.19. The van der Waals surface area contributed by atoms with Crippen LogP contribution in [-0.2, 0) is 0 Å². The third kappa shape index (κ3) is 1.64. The van der Waals surface area contributed by atoms with E-state index in [1.54, 1.807) is 0 Å². The van der Waals surface area contributed by atoms with E-state index in [1.807, 2.05) is 0 Å². The molecule has 2 aromatic carbocycles. The number of rotatable bonds is 1. The van der Waals surface area contributed by atoms with Gasteiger partial charge in [0.15, 0.2) is 0 Å². The second-order valence-corrected chi connectivity index (χ2v) is 4.54. The highest BCUT2D eigenvalue weighted by Crippen LogP contribution is 2.24. The zero-order valence-electron chi connectivity index (χ0n) is 10.1. The molecule has 17 heavy (non-hydrogen) atoms. The Morgan fingerprint density at radius 3 is 2.53 bits per heavy atom. The van der Waals surface area contributed by atoms with Crippen molar-refractivity contribution in [3.63, 3.8) is 0 Å². The van der Waals surface area contributed by atoms with Crippen LogP contribution in [0.3, 0.4) is 0 Å². The van der Waals surface area contributed by atoms with E-state index in [0.717, 1.165) is 0 Å². The summed E-state index contributed by atoms with van der Waals surface area (Å²) in [5.74, 6) is 0. The van der Waals surface area contributed by atoms with Gasteiger partial charge in [-0.15, -0.1) is 0 Å². The molecular weight excluding hydrogens is 206 g/mol. The van der Waals surface area contributed by atoms with Gasteiger partial charge in [-0.3, -0.25) is 0 Å². The number of hydrogen-bond donors (Lipinski definition) is 0. The van der Waals surface area contributed by atoms with Crippen molar-refractivity contribution < 1.29 is 0 Å². The van der Waals surface area contributed by atoms with Crippen LogP contribution in [0.5, 0.6) is 0 Å². The normalized spacial score (nSPS) is 10.9. The van der Waals surface area contributed by atoms with E-state index in [0.29, 0.717) is 0 Å². The average Bonchev–Trinajstić information content (AvgIpc) is 2.68. The first-order chi connectivity index (χ1) is 8.25. The van der Waals surface area contributed by atoms with Gasteiger partial charge in [-0.2, -0.15) is 0 Å². The summed E-state index contributed by atoms with van der Waals surface area (Å²) in [6, 6.07) is 17.1. The number of aromatic nitrogens is 1. The quantitative estimate of drug-likeness (QED) is 0.579. The Labute approximate surface area is 101 Å². The predicted octanol–water partition coefficient (Wildman–Crippen LogP) is 4.25. The van der Waals surface area contributed by atoms with E-state index in [1.165, 1.54) is 27.7 Å². The summed E-state index contributed by atoms with van der Waals surface area (Å²) in [5, 5.41) is 1.33. The van der Waals surface area contributed by atoms with Crippen LogP contribution in [0.1, 0.15) is 11.1 Å². The number of aryl methyl sites for hydroxylation is 2. The van der Waals surface area contributed by atoms with Crippen LogP contribution >= 0.6 is 0 Å². The van der Waals surface area contributed by atoms with Crippen LogP contribution in [0.2, 0.25) is 0 Å². The molecule has 1 heteroatoms. The van der Waals surface area contributed by atoms with Crippen molar-refractivity contribution in [2.75, 3.05) is 0 Å². The molecule has 0 radical (unpaired) electrons. The SMILES string of the molecule is Cc1cccc(-n2cc(C)c3ccccc32)c1. The lowest BCUT2D eigenvalue weighted by molar-refractivity contribution is 1.11. The maximum Gasteiger partial charge on any atom is 0.0531 e. The highest BCUT2D eigenvalue weighted by molar-refractivity contribution is 5.85. The first-order valence-electron chi connectivity index (χ1n) is 5.89. The number of benzene rings is 2. The molecular formula is C16H15N. The zero-order chi connectivity index (χ0) is 11.8. The van der Waals surface area contributed by atoms with Gasteiger partial charge in [0.1, 0.15) is 0 Å². The van der Waals surface area contributed by atoms with E-state index >= 15 is 0 Å². The summed E-state index contributed by atoms with van der Waals surface area (Å²) in [6.07, 6.45) is 2.21. The molecule has 0 unspecified atom stereocenters.